The molecule has 1 aliphatic carbocycles. The Morgan fingerprint density at radius 1 is 1.06 bits per heavy atom. The predicted molar refractivity (Wildman–Crippen MR) is 135 cm³/mol. The molecular formula is C27H35FN6O. The van der Waals surface area contributed by atoms with Gasteiger partial charge < -0.3 is 9.80 Å². The molecule has 2 aromatic heterocycles. The van der Waals surface area contributed by atoms with Crippen molar-refractivity contribution in [3.05, 3.63) is 41.6 Å². The first kappa shape index (κ1) is 23.7. The van der Waals surface area contributed by atoms with Gasteiger partial charge in [-0.2, -0.15) is 5.10 Å². The van der Waals surface area contributed by atoms with E-state index in [-0.39, 0.29) is 11.7 Å². The number of aryl methyl sites for hydroxylation is 2. The van der Waals surface area contributed by atoms with Crippen molar-refractivity contribution in [3.8, 4) is 5.69 Å². The first-order valence-corrected chi connectivity index (χ1v) is 13.1. The third kappa shape index (κ3) is 5.02. The number of amides is 1. The molecule has 1 aliphatic heterocycles. The lowest BCUT2D eigenvalue weighted by Gasteiger charge is -2.36. The van der Waals surface area contributed by atoms with Gasteiger partial charge >= 0.3 is 0 Å². The number of hydrogen-bond acceptors (Lipinski definition) is 5. The summed E-state index contributed by atoms with van der Waals surface area (Å²) >= 11 is 0. The first-order valence-electron chi connectivity index (χ1n) is 13.1. The van der Waals surface area contributed by atoms with Crippen molar-refractivity contribution < 1.29 is 9.18 Å². The minimum atomic E-state index is -0.278. The SMILES string of the molecule is CCCc1nc(N2CCN(C(=O)CCC3CCCC3)CC2)c2c(C)nn(-c3ccc(F)cc3)c2n1. The monoisotopic (exact) mass is 478 g/mol. The molecule has 0 spiro atoms. The van der Waals surface area contributed by atoms with Crippen molar-refractivity contribution >= 4 is 22.8 Å². The lowest BCUT2D eigenvalue weighted by molar-refractivity contribution is -0.131. The Hall–Kier alpha value is -3.03. The van der Waals surface area contributed by atoms with Gasteiger partial charge in [-0.3, -0.25) is 4.79 Å². The van der Waals surface area contributed by atoms with E-state index in [1.165, 1.54) is 37.8 Å². The molecule has 7 nitrogen and oxygen atoms in total. The number of aromatic nitrogens is 4. The summed E-state index contributed by atoms with van der Waals surface area (Å²) in [7, 11) is 0. The molecule has 1 saturated heterocycles. The van der Waals surface area contributed by atoms with Crippen LogP contribution in [0.15, 0.2) is 24.3 Å². The summed E-state index contributed by atoms with van der Waals surface area (Å²) in [4.78, 5) is 26.9. The molecule has 0 bridgehead atoms. The molecule has 3 heterocycles. The van der Waals surface area contributed by atoms with Crippen LogP contribution in [0.25, 0.3) is 16.7 Å². The fraction of sp³-hybridized carbons (Fsp3) is 0.556. The minimum Gasteiger partial charge on any atom is -0.352 e. The van der Waals surface area contributed by atoms with Gasteiger partial charge in [0.05, 0.1) is 16.8 Å². The highest BCUT2D eigenvalue weighted by Crippen LogP contribution is 2.31. The molecule has 2 aliphatic rings. The number of hydrogen-bond donors (Lipinski definition) is 0. The Morgan fingerprint density at radius 2 is 1.77 bits per heavy atom. The van der Waals surface area contributed by atoms with Crippen LogP contribution in [0, 0.1) is 18.7 Å². The van der Waals surface area contributed by atoms with E-state index in [1.54, 1.807) is 16.8 Å². The highest BCUT2D eigenvalue weighted by Gasteiger charge is 2.27. The van der Waals surface area contributed by atoms with Crippen LogP contribution in [-0.2, 0) is 11.2 Å². The molecule has 5 rings (SSSR count). The van der Waals surface area contributed by atoms with E-state index in [9.17, 15) is 9.18 Å². The Labute approximate surface area is 206 Å². The topological polar surface area (TPSA) is 67.2 Å². The van der Waals surface area contributed by atoms with E-state index in [0.29, 0.717) is 19.5 Å². The van der Waals surface area contributed by atoms with Crippen molar-refractivity contribution in [1.29, 1.82) is 0 Å². The van der Waals surface area contributed by atoms with Crippen molar-refractivity contribution in [1.82, 2.24) is 24.6 Å². The lowest BCUT2D eigenvalue weighted by atomic mass is 10.0. The Bertz CT molecular complexity index is 1180. The fourth-order valence-electron chi connectivity index (χ4n) is 5.48. The Kier molecular flexibility index (Phi) is 6.97. The summed E-state index contributed by atoms with van der Waals surface area (Å²) < 4.78 is 15.3. The van der Waals surface area contributed by atoms with Crippen LogP contribution in [0.4, 0.5) is 10.2 Å². The van der Waals surface area contributed by atoms with Crippen LogP contribution in [0.1, 0.15) is 63.4 Å². The maximum Gasteiger partial charge on any atom is 0.222 e. The van der Waals surface area contributed by atoms with Gasteiger partial charge in [0.2, 0.25) is 5.91 Å². The third-order valence-electron chi connectivity index (χ3n) is 7.45. The number of fused-ring (bicyclic) bond motifs is 1. The number of nitrogens with zero attached hydrogens (tertiary/aromatic N) is 6. The molecule has 3 aromatic rings. The number of piperazine rings is 1. The van der Waals surface area contributed by atoms with E-state index >= 15 is 0 Å². The van der Waals surface area contributed by atoms with Crippen molar-refractivity contribution in [3.63, 3.8) is 0 Å². The molecule has 0 N–H and O–H groups in total. The first-order chi connectivity index (χ1) is 17.0. The molecule has 1 aromatic carbocycles. The minimum absolute atomic E-state index is 0.278. The number of anilines is 1. The van der Waals surface area contributed by atoms with Crippen molar-refractivity contribution in [2.45, 2.75) is 65.2 Å². The molecule has 0 unspecified atom stereocenters. The zero-order valence-corrected chi connectivity index (χ0v) is 20.8. The van der Waals surface area contributed by atoms with E-state index in [0.717, 1.165) is 72.3 Å². The van der Waals surface area contributed by atoms with E-state index in [2.05, 4.69) is 11.8 Å². The van der Waals surface area contributed by atoms with Crippen LogP contribution < -0.4 is 4.90 Å². The second kappa shape index (κ2) is 10.3. The Morgan fingerprint density at radius 3 is 2.46 bits per heavy atom. The van der Waals surface area contributed by atoms with Gasteiger partial charge in [0.25, 0.3) is 0 Å². The highest BCUT2D eigenvalue weighted by molar-refractivity contribution is 5.91. The molecule has 1 saturated carbocycles. The molecule has 186 valence electrons. The smallest absolute Gasteiger partial charge is 0.222 e. The molecule has 35 heavy (non-hydrogen) atoms. The van der Waals surface area contributed by atoms with E-state index in [4.69, 9.17) is 15.1 Å². The quantitative estimate of drug-likeness (QED) is 0.486. The summed E-state index contributed by atoms with van der Waals surface area (Å²) in [5.41, 5.74) is 2.37. The molecular weight excluding hydrogens is 443 g/mol. The summed E-state index contributed by atoms with van der Waals surface area (Å²) in [6.45, 7) is 7.00. The van der Waals surface area contributed by atoms with Gasteiger partial charge in [-0.1, -0.05) is 32.6 Å². The van der Waals surface area contributed by atoms with Gasteiger partial charge in [0.15, 0.2) is 5.65 Å². The normalized spacial score (nSPS) is 17.0. The molecule has 1 amide bonds. The van der Waals surface area contributed by atoms with Crippen LogP contribution >= 0.6 is 0 Å². The zero-order chi connectivity index (χ0) is 24.4. The second-order valence-electron chi connectivity index (χ2n) is 9.94. The predicted octanol–water partition coefficient (Wildman–Crippen LogP) is 4.83. The molecule has 0 atom stereocenters. The number of carbonyl (C=O) groups is 1. The lowest BCUT2D eigenvalue weighted by Crippen LogP contribution is -2.49. The standard InChI is InChI=1S/C27H35FN6O/c1-3-6-23-29-26(25-19(2)31-34(27(25)30-23)22-12-10-21(28)11-13-22)33-17-15-32(16-18-33)24(35)14-9-20-7-4-5-8-20/h10-13,20H,3-9,14-18H2,1-2H3. The number of benzene rings is 1. The van der Waals surface area contributed by atoms with Gasteiger partial charge in [-0.15, -0.1) is 0 Å². The maximum absolute atomic E-state index is 13.5. The zero-order valence-electron chi connectivity index (χ0n) is 20.8. The Balaban J connectivity index is 1.38. The molecule has 2 fully saturated rings. The van der Waals surface area contributed by atoms with Crippen LogP contribution in [-0.4, -0.2) is 56.7 Å². The number of halogens is 1. The number of carbonyl (C=O) groups excluding carboxylic acids is 1. The average molecular weight is 479 g/mol. The van der Waals surface area contributed by atoms with E-state index in [1.807, 2.05) is 11.8 Å². The fourth-order valence-corrected chi connectivity index (χ4v) is 5.48. The van der Waals surface area contributed by atoms with Crippen molar-refractivity contribution in [2.24, 2.45) is 5.92 Å². The summed E-state index contributed by atoms with van der Waals surface area (Å²) in [6.07, 6.45) is 8.64. The van der Waals surface area contributed by atoms with Gasteiger partial charge in [0, 0.05) is 39.0 Å². The summed E-state index contributed by atoms with van der Waals surface area (Å²) in [5, 5.41) is 5.68. The van der Waals surface area contributed by atoms with Crippen LogP contribution in [0.3, 0.4) is 0 Å². The molecule has 0 radical (unpaired) electrons. The molecule has 8 heteroatoms. The van der Waals surface area contributed by atoms with Crippen LogP contribution in [0.2, 0.25) is 0 Å². The van der Waals surface area contributed by atoms with Crippen molar-refractivity contribution in [2.75, 3.05) is 31.1 Å². The largest absolute Gasteiger partial charge is 0.352 e. The number of rotatable bonds is 7. The van der Waals surface area contributed by atoms with Crippen LogP contribution in [0.5, 0.6) is 0 Å². The van der Waals surface area contributed by atoms with E-state index < -0.39 is 0 Å². The highest BCUT2D eigenvalue weighted by atomic mass is 19.1. The van der Waals surface area contributed by atoms with Gasteiger partial charge in [0.1, 0.15) is 17.5 Å². The average Bonchev–Trinajstić information content (AvgIpc) is 3.51. The maximum atomic E-state index is 13.5. The summed E-state index contributed by atoms with van der Waals surface area (Å²) in [6, 6.07) is 6.32. The second-order valence-corrected chi connectivity index (χ2v) is 9.94. The third-order valence-corrected chi connectivity index (χ3v) is 7.45. The van der Waals surface area contributed by atoms with Gasteiger partial charge in [-0.05, 0) is 49.9 Å². The summed E-state index contributed by atoms with van der Waals surface area (Å²) in [5.74, 6) is 2.43. The van der Waals surface area contributed by atoms with Gasteiger partial charge in [-0.25, -0.2) is 19.0 Å².